The molecule has 32 heavy (non-hydrogen) atoms. The average molecular weight is 429 g/mol. The van der Waals surface area contributed by atoms with E-state index in [0.29, 0.717) is 23.3 Å². The number of fused-ring (bicyclic) bond motifs is 1. The number of halogens is 2. The standard InChI is InChI=1S/C24H17F2N5O/c1-14-11-15(8-10-27-14)19-3-2-9-28-23(19)32-18-6-4-17(5-7-18)29-24-30-21-13-16(25)12-20(26)22(21)31-24/h2-13H,1H3,(H2,29,30,31). The fourth-order valence-electron chi connectivity index (χ4n) is 3.36. The number of imidazole rings is 1. The lowest BCUT2D eigenvalue weighted by molar-refractivity contribution is 0.465. The molecular weight excluding hydrogens is 412 g/mol. The summed E-state index contributed by atoms with van der Waals surface area (Å²) in [7, 11) is 0. The van der Waals surface area contributed by atoms with E-state index in [1.165, 1.54) is 6.07 Å². The third kappa shape index (κ3) is 3.98. The van der Waals surface area contributed by atoms with Gasteiger partial charge >= 0.3 is 0 Å². The van der Waals surface area contributed by atoms with Crippen LogP contribution in [0.4, 0.5) is 20.4 Å². The first kappa shape index (κ1) is 19.6. The first-order chi connectivity index (χ1) is 15.5. The molecule has 0 spiro atoms. The molecule has 8 heteroatoms. The van der Waals surface area contributed by atoms with Crippen LogP contribution in [-0.4, -0.2) is 19.9 Å². The lowest BCUT2D eigenvalue weighted by Gasteiger charge is -2.11. The van der Waals surface area contributed by atoms with Crippen molar-refractivity contribution in [2.45, 2.75) is 6.92 Å². The van der Waals surface area contributed by atoms with Crippen molar-refractivity contribution < 1.29 is 13.5 Å². The summed E-state index contributed by atoms with van der Waals surface area (Å²) in [6, 6.07) is 16.8. The Morgan fingerprint density at radius 3 is 2.59 bits per heavy atom. The number of aryl methyl sites for hydroxylation is 1. The molecule has 0 aliphatic carbocycles. The minimum absolute atomic E-state index is 0.0721. The van der Waals surface area contributed by atoms with Crippen LogP contribution in [0.2, 0.25) is 0 Å². The Morgan fingerprint density at radius 1 is 0.938 bits per heavy atom. The summed E-state index contributed by atoms with van der Waals surface area (Å²) in [5.74, 6) is -0.00282. The highest BCUT2D eigenvalue weighted by atomic mass is 19.1. The zero-order chi connectivity index (χ0) is 22.1. The number of anilines is 2. The van der Waals surface area contributed by atoms with Crippen molar-refractivity contribution in [3.05, 3.63) is 90.4 Å². The third-order valence-electron chi connectivity index (χ3n) is 4.82. The van der Waals surface area contributed by atoms with Gasteiger partial charge in [-0.05, 0) is 67.1 Å². The number of benzene rings is 2. The Labute approximate surface area is 182 Å². The lowest BCUT2D eigenvalue weighted by atomic mass is 10.1. The molecule has 0 atom stereocenters. The largest absolute Gasteiger partial charge is 0.438 e. The maximum absolute atomic E-state index is 13.9. The number of nitrogens with zero attached hydrogens (tertiary/aromatic N) is 3. The predicted molar refractivity (Wildman–Crippen MR) is 118 cm³/mol. The van der Waals surface area contributed by atoms with E-state index in [2.05, 4.69) is 25.3 Å². The molecule has 0 saturated heterocycles. The third-order valence-corrected chi connectivity index (χ3v) is 4.82. The average Bonchev–Trinajstić information content (AvgIpc) is 3.18. The molecule has 0 fully saturated rings. The highest BCUT2D eigenvalue weighted by Crippen LogP contribution is 2.32. The van der Waals surface area contributed by atoms with Crippen LogP contribution < -0.4 is 10.1 Å². The van der Waals surface area contributed by atoms with Crippen LogP contribution in [0.15, 0.2) is 73.1 Å². The summed E-state index contributed by atoms with van der Waals surface area (Å²) in [5.41, 5.74) is 3.77. The summed E-state index contributed by atoms with van der Waals surface area (Å²) in [6.07, 6.45) is 3.42. The van der Waals surface area contributed by atoms with Gasteiger partial charge in [0.05, 0.1) is 5.52 Å². The second-order valence-corrected chi connectivity index (χ2v) is 7.16. The van der Waals surface area contributed by atoms with Gasteiger partial charge in [-0.25, -0.2) is 18.7 Å². The number of rotatable bonds is 5. The minimum Gasteiger partial charge on any atom is -0.438 e. The quantitative estimate of drug-likeness (QED) is 0.351. The number of nitrogens with one attached hydrogen (secondary N) is 2. The number of aromatic amines is 1. The molecule has 0 amide bonds. The van der Waals surface area contributed by atoms with Crippen LogP contribution >= 0.6 is 0 Å². The van der Waals surface area contributed by atoms with Gasteiger partial charge in [-0.3, -0.25) is 4.98 Å². The van der Waals surface area contributed by atoms with Gasteiger partial charge in [0.1, 0.15) is 17.1 Å². The maximum atomic E-state index is 13.9. The summed E-state index contributed by atoms with van der Waals surface area (Å²) in [4.78, 5) is 15.6. The highest BCUT2D eigenvalue weighted by Gasteiger charge is 2.11. The van der Waals surface area contributed by atoms with E-state index < -0.39 is 11.6 Å². The molecule has 2 aromatic carbocycles. The molecular formula is C24H17F2N5O. The van der Waals surface area contributed by atoms with Gasteiger partial charge in [0.2, 0.25) is 11.8 Å². The van der Waals surface area contributed by atoms with E-state index in [9.17, 15) is 8.78 Å². The number of aromatic nitrogens is 4. The summed E-state index contributed by atoms with van der Waals surface area (Å²) in [5, 5.41) is 3.04. The molecule has 2 N–H and O–H groups in total. The summed E-state index contributed by atoms with van der Waals surface area (Å²) < 4.78 is 33.3. The van der Waals surface area contributed by atoms with Crippen LogP contribution in [0.3, 0.4) is 0 Å². The molecule has 0 bridgehead atoms. The number of ether oxygens (including phenoxy) is 1. The van der Waals surface area contributed by atoms with Gasteiger partial charge in [0.25, 0.3) is 0 Å². The zero-order valence-electron chi connectivity index (χ0n) is 16.9. The predicted octanol–water partition coefficient (Wildman–Crippen LogP) is 6.14. The van der Waals surface area contributed by atoms with Crippen molar-refractivity contribution >= 4 is 22.7 Å². The van der Waals surface area contributed by atoms with Crippen molar-refractivity contribution in [3.8, 4) is 22.8 Å². The molecule has 5 aromatic rings. The second-order valence-electron chi connectivity index (χ2n) is 7.16. The topological polar surface area (TPSA) is 75.7 Å². The maximum Gasteiger partial charge on any atom is 0.227 e. The highest BCUT2D eigenvalue weighted by molar-refractivity contribution is 5.79. The lowest BCUT2D eigenvalue weighted by Crippen LogP contribution is -1.94. The Hall–Kier alpha value is -4.33. The van der Waals surface area contributed by atoms with Gasteiger partial charge in [-0.15, -0.1) is 0 Å². The van der Waals surface area contributed by atoms with Crippen molar-refractivity contribution in [1.29, 1.82) is 0 Å². The normalized spacial score (nSPS) is 11.0. The van der Waals surface area contributed by atoms with Gasteiger partial charge < -0.3 is 15.0 Å². The van der Waals surface area contributed by atoms with Crippen LogP contribution in [0.1, 0.15) is 5.69 Å². The molecule has 0 unspecified atom stereocenters. The Morgan fingerprint density at radius 2 is 1.78 bits per heavy atom. The molecule has 5 rings (SSSR count). The van der Waals surface area contributed by atoms with Crippen molar-refractivity contribution in [2.24, 2.45) is 0 Å². The summed E-state index contributed by atoms with van der Waals surface area (Å²) in [6.45, 7) is 1.93. The van der Waals surface area contributed by atoms with E-state index in [1.54, 1.807) is 36.7 Å². The van der Waals surface area contributed by atoms with E-state index >= 15 is 0 Å². The monoisotopic (exact) mass is 429 g/mol. The molecule has 0 aliphatic rings. The number of hydrogen-bond acceptors (Lipinski definition) is 5. The molecule has 158 valence electrons. The number of hydrogen-bond donors (Lipinski definition) is 2. The first-order valence-corrected chi connectivity index (χ1v) is 9.83. The molecule has 3 heterocycles. The van der Waals surface area contributed by atoms with Crippen molar-refractivity contribution in [2.75, 3.05) is 5.32 Å². The van der Waals surface area contributed by atoms with Gasteiger partial charge in [-0.2, -0.15) is 0 Å². The van der Waals surface area contributed by atoms with Crippen LogP contribution in [0, 0.1) is 18.6 Å². The minimum atomic E-state index is -0.719. The van der Waals surface area contributed by atoms with E-state index in [0.717, 1.165) is 22.9 Å². The Balaban J connectivity index is 1.36. The van der Waals surface area contributed by atoms with Gasteiger partial charge in [0.15, 0.2) is 5.82 Å². The Bertz CT molecular complexity index is 1420. The van der Waals surface area contributed by atoms with E-state index in [-0.39, 0.29) is 11.0 Å². The SMILES string of the molecule is Cc1cc(-c2cccnc2Oc2ccc(Nc3nc4c(F)cc(F)cc4[nH]3)cc2)ccn1. The van der Waals surface area contributed by atoms with Gasteiger partial charge in [-0.1, -0.05) is 0 Å². The van der Waals surface area contributed by atoms with Crippen LogP contribution in [-0.2, 0) is 0 Å². The molecule has 0 aliphatic heterocycles. The molecule has 6 nitrogen and oxygen atoms in total. The fourth-order valence-corrected chi connectivity index (χ4v) is 3.36. The van der Waals surface area contributed by atoms with E-state index in [4.69, 9.17) is 4.74 Å². The number of pyridine rings is 2. The van der Waals surface area contributed by atoms with Gasteiger partial charge in [0, 0.05) is 35.4 Å². The van der Waals surface area contributed by atoms with E-state index in [1.807, 2.05) is 31.2 Å². The zero-order valence-corrected chi connectivity index (χ0v) is 16.9. The molecule has 0 saturated carbocycles. The Kier molecular flexibility index (Phi) is 4.95. The number of H-pyrrole nitrogens is 1. The van der Waals surface area contributed by atoms with Crippen molar-refractivity contribution in [3.63, 3.8) is 0 Å². The van der Waals surface area contributed by atoms with Crippen LogP contribution in [0.5, 0.6) is 11.6 Å². The molecule has 0 radical (unpaired) electrons. The van der Waals surface area contributed by atoms with Crippen molar-refractivity contribution in [1.82, 2.24) is 19.9 Å². The smallest absolute Gasteiger partial charge is 0.227 e. The second kappa shape index (κ2) is 8.07. The summed E-state index contributed by atoms with van der Waals surface area (Å²) >= 11 is 0. The molecule has 3 aromatic heterocycles. The first-order valence-electron chi connectivity index (χ1n) is 9.83. The van der Waals surface area contributed by atoms with Crippen LogP contribution in [0.25, 0.3) is 22.2 Å². The fraction of sp³-hybridized carbons (Fsp3) is 0.0417.